The fraction of sp³-hybridized carbons (Fsp3) is 0.0204. The second-order valence-electron chi connectivity index (χ2n) is 13.7. The first-order valence-corrected chi connectivity index (χ1v) is 19.4. The Labute approximate surface area is 310 Å². The van der Waals surface area contributed by atoms with Gasteiger partial charge >= 0.3 is 0 Å². The van der Waals surface area contributed by atoms with E-state index in [0.29, 0.717) is 0 Å². The summed E-state index contributed by atoms with van der Waals surface area (Å²) in [5, 5.41) is 5.32. The van der Waals surface area contributed by atoms with Gasteiger partial charge in [0.05, 0.1) is 0 Å². The zero-order valence-electron chi connectivity index (χ0n) is 28.2. The lowest BCUT2D eigenvalue weighted by Crippen LogP contribution is -2.10. The monoisotopic (exact) mass is 697 g/mol. The highest BCUT2D eigenvalue weighted by atomic mass is 32.1. The third-order valence-electron chi connectivity index (χ3n) is 10.7. The molecule has 1 aliphatic carbocycles. The molecule has 3 heteroatoms. The fourth-order valence-corrected chi connectivity index (χ4v) is 10.3. The van der Waals surface area contributed by atoms with E-state index in [0.717, 1.165) is 17.8 Å². The minimum absolute atomic E-state index is 0.963. The summed E-state index contributed by atoms with van der Waals surface area (Å²) in [6.45, 7) is 0. The SMILES string of the molecule is c1ccc2c(c1)Cc1cc(N(c3ccc(-c4ccc5sc6ccccc6c5c4)cc3)c3ccc(-c4ccc5sc6ccccc6c5c4)cc3)ccc1-2. The van der Waals surface area contributed by atoms with Gasteiger partial charge in [-0.1, -0.05) is 103 Å². The molecule has 2 heterocycles. The molecule has 244 valence electrons. The molecule has 11 rings (SSSR count). The molecule has 0 aliphatic heterocycles. The number of nitrogens with zero attached hydrogens (tertiary/aromatic N) is 1. The Bertz CT molecular complexity index is 2830. The summed E-state index contributed by atoms with van der Waals surface area (Å²) in [5.74, 6) is 0. The predicted molar refractivity (Wildman–Crippen MR) is 226 cm³/mol. The summed E-state index contributed by atoms with van der Waals surface area (Å²) in [6.07, 6.45) is 0.963. The van der Waals surface area contributed by atoms with E-state index in [9.17, 15) is 0 Å². The van der Waals surface area contributed by atoms with Crippen LogP contribution in [0.25, 0.3) is 73.7 Å². The molecule has 52 heavy (non-hydrogen) atoms. The normalized spacial score (nSPS) is 12.2. The number of benzene rings is 8. The van der Waals surface area contributed by atoms with Crippen molar-refractivity contribution in [3.05, 3.63) is 187 Å². The predicted octanol–water partition coefficient (Wildman–Crippen LogP) is 14.8. The maximum atomic E-state index is 2.40. The maximum Gasteiger partial charge on any atom is 0.0464 e. The molecule has 0 unspecified atom stereocenters. The van der Waals surface area contributed by atoms with Crippen LogP contribution in [-0.2, 0) is 6.42 Å². The minimum Gasteiger partial charge on any atom is -0.310 e. The lowest BCUT2D eigenvalue weighted by atomic mass is 10.0. The first-order chi connectivity index (χ1) is 25.7. The number of anilines is 3. The van der Waals surface area contributed by atoms with E-state index in [1.54, 1.807) is 0 Å². The Balaban J connectivity index is 0.987. The van der Waals surface area contributed by atoms with Gasteiger partial charge in [-0.05, 0) is 124 Å². The molecular weight excluding hydrogens is 667 g/mol. The molecule has 1 nitrogen and oxygen atoms in total. The molecule has 0 bridgehead atoms. The van der Waals surface area contributed by atoms with Gasteiger partial charge in [-0.25, -0.2) is 0 Å². The van der Waals surface area contributed by atoms with Gasteiger partial charge in [0.1, 0.15) is 0 Å². The van der Waals surface area contributed by atoms with E-state index >= 15 is 0 Å². The molecule has 0 amide bonds. The highest BCUT2D eigenvalue weighted by molar-refractivity contribution is 7.26. The van der Waals surface area contributed by atoms with Crippen LogP contribution in [-0.4, -0.2) is 0 Å². The van der Waals surface area contributed by atoms with Gasteiger partial charge in [0.15, 0.2) is 0 Å². The summed E-state index contributed by atoms with van der Waals surface area (Å²) in [7, 11) is 0. The standard InChI is InChI=1S/C49H31NS2/c1-2-8-40-35(7-1)27-36-28-39(23-24-41(36)40)50(37-19-13-31(14-20-37)33-17-25-48-44(29-33)42-9-3-5-11-46(42)51-48)38-21-15-32(16-22-38)34-18-26-49-45(30-34)43-10-4-6-12-47(43)52-49/h1-26,28-30H,27H2. The van der Waals surface area contributed by atoms with E-state index in [1.807, 2.05) is 22.7 Å². The Morgan fingerprint density at radius 2 is 0.788 bits per heavy atom. The van der Waals surface area contributed by atoms with Gasteiger partial charge in [-0.15, -0.1) is 22.7 Å². The van der Waals surface area contributed by atoms with Crippen molar-refractivity contribution in [3.8, 4) is 33.4 Å². The van der Waals surface area contributed by atoms with Gasteiger partial charge < -0.3 is 4.90 Å². The molecule has 0 saturated carbocycles. The number of thiophene rings is 2. The Hall–Kier alpha value is -6.00. The molecule has 0 spiro atoms. The van der Waals surface area contributed by atoms with Crippen LogP contribution in [0.4, 0.5) is 17.1 Å². The molecule has 2 aromatic heterocycles. The van der Waals surface area contributed by atoms with Crippen LogP contribution in [0.1, 0.15) is 11.1 Å². The number of rotatable bonds is 5. The summed E-state index contributed by atoms with van der Waals surface area (Å²) in [4.78, 5) is 2.40. The highest BCUT2D eigenvalue weighted by Crippen LogP contribution is 2.43. The molecule has 1 aliphatic rings. The third kappa shape index (κ3) is 4.81. The van der Waals surface area contributed by atoms with E-state index < -0.39 is 0 Å². The van der Waals surface area contributed by atoms with Gasteiger partial charge in [0.25, 0.3) is 0 Å². The largest absolute Gasteiger partial charge is 0.310 e. The van der Waals surface area contributed by atoms with Crippen molar-refractivity contribution in [3.63, 3.8) is 0 Å². The number of hydrogen-bond acceptors (Lipinski definition) is 3. The first kappa shape index (κ1) is 29.7. The van der Waals surface area contributed by atoms with Crippen LogP contribution in [0.15, 0.2) is 176 Å². The van der Waals surface area contributed by atoms with Crippen molar-refractivity contribution in [2.75, 3.05) is 4.90 Å². The average Bonchev–Trinajstić information content (AvgIpc) is 3.89. The van der Waals surface area contributed by atoms with E-state index in [4.69, 9.17) is 0 Å². The van der Waals surface area contributed by atoms with Gasteiger partial charge in [0, 0.05) is 57.4 Å². The second kappa shape index (κ2) is 11.8. The smallest absolute Gasteiger partial charge is 0.0464 e. The zero-order chi connectivity index (χ0) is 34.2. The number of hydrogen-bond donors (Lipinski definition) is 0. The van der Waals surface area contributed by atoms with Crippen molar-refractivity contribution < 1.29 is 0 Å². The van der Waals surface area contributed by atoms with Gasteiger partial charge in [0.2, 0.25) is 0 Å². The van der Waals surface area contributed by atoms with Crippen LogP contribution in [0.2, 0.25) is 0 Å². The molecule has 8 aromatic carbocycles. The third-order valence-corrected chi connectivity index (χ3v) is 13.0. The lowest BCUT2D eigenvalue weighted by Gasteiger charge is -2.26. The summed E-state index contributed by atoms with van der Waals surface area (Å²) in [5.41, 5.74) is 13.9. The van der Waals surface area contributed by atoms with Gasteiger partial charge in [-0.3, -0.25) is 0 Å². The topological polar surface area (TPSA) is 3.24 Å². The first-order valence-electron chi connectivity index (χ1n) is 17.8. The molecule has 0 N–H and O–H groups in total. The minimum atomic E-state index is 0.963. The van der Waals surface area contributed by atoms with E-state index in [-0.39, 0.29) is 0 Å². The highest BCUT2D eigenvalue weighted by Gasteiger charge is 2.21. The fourth-order valence-electron chi connectivity index (χ4n) is 8.14. The Kier molecular flexibility index (Phi) is 6.73. The Morgan fingerprint density at radius 1 is 0.327 bits per heavy atom. The molecule has 0 fully saturated rings. The Morgan fingerprint density at radius 3 is 1.38 bits per heavy atom. The van der Waals surface area contributed by atoms with Crippen molar-refractivity contribution in [1.82, 2.24) is 0 Å². The quantitative estimate of drug-likeness (QED) is 0.173. The molecule has 0 atom stereocenters. The van der Waals surface area contributed by atoms with Crippen LogP contribution in [0, 0.1) is 0 Å². The van der Waals surface area contributed by atoms with Crippen LogP contribution >= 0.6 is 22.7 Å². The summed E-state index contributed by atoms with van der Waals surface area (Å²) >= 11 is 3.73. The molecule has 10 aromatic rings. The van der Waals surface area contributed by atoms with Crippen LogP contribution < -0.4 is 4.90 Å². The van der Waals surface area contributed by atoms with Crippen molar-refractivity contribution >= 4 is 80.1 Å². The average molecular weight is 698 g/mol. The maximum absolute atomic E-state index is 2.40. The van der Waals surface area contributed by atoms with E-state index in [1.165, 1.54) is 90.5 Å². The zero-order valence-corrected chi connectivity index (χ0v) is 29.8. The van der Waals surface area contributed by atoms with Crippen molar-refractivity contribution in [2.24, 2.45) is 0 Å². The van der Waals surface area contributed by atoms with Crippen molar-refractivity contribution in [2.45, 2.75) is 6.42 Å². The van der Waals surface area contributed by atoms with E-state index in [2.05, 4.69) is 181 Å². The lowest BCUT2D eigenvalue weighted by molar-refractivity contribution is 1.23. The molecule has 0 saturated heterocycles. The summed E-state index contributed by atoms with van der Waals surface area (Å²) < 4.78 is 5.34. The second-order valence-corrected chi connectivity index (χ2v) is 15.9. The van der Waals surface area contributed by atoms with Crippen LogP contribution in [0.5, 0.6) is 0 Å². The summed E-state index contributed by atoms with van der Waals surface area (Å²) in [6, 6.07) is 65.2. The van der Waals surface area contributed by atoms with Crippen molar-refractivity contribution in [1.29, 1.82) is 0 Å². The van der Waals surface area contributed by atoms with Gasteiger partial charge in [-0.2, -0.15) is 0 Å². The number of fused-ring (bicyclic) bond motifs is 9. The molecule has 0 radical (unpaired) electrons. The van der Waals surface area contributed by atoms with Crippen LogP contribution in [0.3, 0.4) is 0 Å². The molecular formula is C49H31NS2.